The topological polar surface area (TPSA) is 52.7 Å². The Labute approximate surface area is 124 Å². The Hall–Kier alpha value is -1.88. The van der Waals surface area contributed by atoms with Crippen LogP contribution in [0.4, 0.5) is 0 Å². The van der Waals surface area contributed by atoms with Crippen molar-refractivity contribution in [1.82, 2.24) is 15.1 Å². The zero-order valence-corrected chi connectivity index (χ0v) is 12.3. The Bertz CT molecular complexity index is 546. The quantitative estimate of drug-likeness (QED) is 0.867. The molecule has 1 aromatic rings. The van der Waals surface area contributed by atoms with Gasteiger partial charge in [0.1, 0.15) is 5.54 Å². The monoisotopic (exact) mass is 287 g/mol. The van der Waals surface area contributed by atoms with Crippen molar-refractivity contribution < 1.29 is 9.59 Å². The number of nitrogens with zero attached hydrogens (tertiary/aromatic N) is 2. The summed E-state index contributed by atoms with van der Waals surface area (Å²) in [5.41, 5.74) is 0.646. The molecule has 0 bridgehead atoms. The summed E-state index contributed by atoms with van der Waals surface area (Å²) in [6.45, 7) is 4.95. The first-order chi connectivity index (χ1) is 10.1. The molecule has 0 saturated carbocycles. The van der Waals surface area contributed by atoms with E-state index < -0.39 is 5.54 Å². The summed E-state index contributed by atoms with van der Waals surface area (Å²) in [5.74, 6) is 0.109. The van der Waals surface area contributed by atoms with Crippen LogP contribution in [0.5, 0.6) is 0 Å². The van der Waals surface area contributed by atoms with Gasteiger partial charge in [0.05, 0.1) is 0 Å². The van der Waals surface area contributed by atoms with Crippen molar-refractivity contribution in [3.05, 3.63) is 35.9 Å². The number of hydrogen-bond donors (Lipinski definition) is 1. The predicted molar refractivity (Wildman–Crippen MR) is 79.5 cm³/mol. The Morgan fingerprint density at radius 2 is 2.05 bits per heavy atom. The highest BCUT2D eigenvalue weighted by atomic mass is 16.2. The lowest BCUT2D eigenvalue weighted by Gasteiger charge is -2.47. The smallest absolute Gasteiger partial charge is 0.242 e. The van der Waals surface area contributed by atoms with Crippen LogP contribution in [-0.2, 0) is 16.1 Å². The minimum atomic E-state index is -0.556. The molecule has 2 heterocycles. The zero-order valence-electron chi connectivity index (χ0n) is 12.3. The van der Waals surface area contributed by atoms with E-state index in [-0.39, 0.29) is 11.8 Å². The van der Waals surface area contributed by atoms with Gasteiger partial charge in [-0.3, -0.25) is 14.5 Å². The van der Waals surface area contributed by atoms with E-state index in [1.807, 2.05) is 18.2 Å². The summed E-state index contributed by atoms with van der Waals surface area (Å²) in [7, 11) is 0. The molecular formula is C16H21N3O2. The van der Waals surface area contributed by atoms with Gasteiger partial charge < -0.3 is 10.2 Å². The van der Waals surface area contributed by atoms with Crippen LogP contribution in [0.15, 0.2) is 30.3 Å². The molecule has 5 heteroatoms. The van der Waals surface area contributed by atoms with Gasteiger partial charge in [0.15, 0.2) is 0 Å². The lowest BCUT2D eigenvalue weighted by molar-refractivity contribution is -0.142. The number of nitrogens with one attached hydrogen (secondary N) is 1. The summed E-state index contributed by atoms with van der Waals surface area (Å²) in [4.78, 5) is 28.2. The van der Waals surface area contributed by atoms with Gasteiger partial charge in [-0.05, 0) is 12.0 Å². The Morgan fingerprint density at radius 1 is 1.29 bits per heavy atom. The van der Waals surface area contributed by atoms with Gasteiger partial charge in [-0.25, -0.2) is 0 Å². The molecule has 0 radical (unpaired) electrons. The molecule has 2 saturated heterocycles. The van der Waals surface area contributed by atoms with Gasteiger partial charge in [0.2, 0.25) is 11.8 Å². The average molecular weight is 287 g/mol. The molecule has 3 rings (SSSR count). The molecule has 1 atom stereocenters. The third-order valence-corrected chi connectivity index (χ3v) is 4.61. The SMILES string of the molecule is CC(=O)N1CCN(Cc2ccccc2)[C@@]2(CCNC2=O)C1. The molecule has 0 unspecified atom stereocenters. The zero-order chi connectivity index (χ0) is 14.9. The Kier molecular flexibility index (Phi) is 3.68. The molecule has 2 fully saturated rings. The Balaban J connectivity index is 1.85. The summed E-state index contributed by atoms with van der Waals surface area (Å²) in [5, 5.41) is 2.94. The maximum atomic E-state index is 12.4. The summed E-state index contributed by atoms with van der Waals surface area (Å²) in [6, 6.07) is 10.2. The van der Waals surface area contributed by atoms with Crippen molar-refractivity contribution in [1.29, 1.82) is 0 Å². The normalized spacial score (nSPS) is 26.1. The lowest BCUT2D eigenvalue weighted by atomic mass is 9.91. The van der Waals surface area contributed by atoms with E-state index in [2.05, 4.69) is 22.3 Å². The second-order valence-corrected chi connectivity index (χ2v) is 5.89. The molecule has 2 amide bonds. The molecule has 5 nitrogen and oxygen atoms in total. The van der Waals surface area contributed by atoms with Crippen LogP contribution in [0.25, 0.3) is 0 Å². The van der Waals surface area contributed by atoms with Crippen LogP contribution in [0.2, 0.25) is 0 Å². The van der Waals surface area contributed by atoms with Crippen LogP contribution in [0.3, 0.4) is 0 Å². The van der Waals surface area contributed by atoms with Crippen LogP contribution in [-0.4, -0.2) is 53.3 Å². The number of carbonyl (C=O) groups is 2. The molecule has 1 aromatic carbocycles. The predicted octanol–water partition coefficient (Wildman–Crippen LogP) is 0.609. The maximum absolute atomic E-state index is 12.4. The molecular weight excluding hydrogens is 266 g/mol. The molecule has 1 N–H and O–H groups in total. The number of benzene rings is 1. The Morgan fingerprint density at radius 3 is 2.67 bits per heavy atom. The van der Waals surface area contributed by atoms with E-state index in [1.165, 1.54) is 5.56 Å². The fourth-order valence-corrected chi connectivity index (χ4v) is 3.37. The largest absolute Gasteiger partial charge is 0.354 e. The molecule has 21 heavy (non-hydrogen) atoms. The summed E-state index contributed by atoms with van der Waals surface area (Å²) < 4.78 is 0. The van der Waals surface area contributed by atoms with Gasteiger partial charge in [-0.15, -0.1) is 0 Å². The van der Waals surface area contributed by atoms with Gasteiger partial charge in [-0.2, -0.15) is 0 Å². The van der Waals surface area contributed by atoms with Crippen LogP contribution in [0.1, 0.15) is 18.9 Å². The van der Waals surface area contributed by atoms with E-state index in [0.717, 1.165) is 19.5 Å². The highest BCUT2D eigenvalue weighted by molar-refractivity contribution is 5.89. The van der Waals surface area contributed by atoms with Gasteiger partial charge in [0.25, 0.3) is 0 Å². The van der Waals surface area contributed by atoms with Crippen molar-refractivity contribution >= 4 is 11.8 Å². The van der Waals surface area contributed by atoms with Gasteiger partial charge in [-0.1, -0.05) is 30.3 Å². The molecule has 0 aliphatic carbocycles. The molecule has 112 valence electrons. The van der Waals surface area contributed by atoms with E-state index in [1.54, 1.807) is 11.8 Å². The van der Waals surface area contributed by atoms with Crippen LogP contribution < -0.4 is 5.32 Å². The van der Waals surface area contributed by atoms with E-state index in [4.69, 9.17) is 0 Å². The number of hydrogen-bond acceptors (Lipinski definition) is 3. The minimum absolute atomic E-state index is 0.0495. The van der Waals surface area contributed by atoms with E-state index in [0.29, 0.717) is 19.6 Å². The van der Waals surface area contributed by atoms with Crippen molar-refractivity contribution in [2.75, 3.05) is 26.2 Å². The second kappa shape index (κ2) is 5.48. The minimum Gasteiger partial charge on any atom is -0.354 e. The number of piperazine rings is 1. The summed E-state index contributed by atoms with van der Waals surface area (Å²) in [6.07, 6.45) is 0.766. The van der Waals surface area contributed by atoms with Crippen molar-refractivity contribution in [2.24, 2.45) is 0 Å². The fraction of sp³-hybridized carbons (Fsp3) is 0.500. The van der Waals surface area contributed by atoms with Crippen molar-refractivity contribution in [3.8, 4) is 0 Å². The van der Waals surface area contributed by atoms with Crippen LogP contribution >= 0.6 is 0 Å². The summed E-state index contributed by atoms with van der Waals surface area (Å²) >= 11 is 0. The van der Waals surface area contributed by atoms with Gasteiger partial charge in [0, 0.05) is 39.6 Å². The first-order valence-corrected chi connectivity index (χ1v) is 7.45. The first-order valence-electron chi connectivity index (χ1n) is 7.45. The number of amides is 2. The lowest BCUT2D eigenvalue weighted by Crippen LogP contribution is -2.65. The third kappa shape index (κ3) is 2.53. The number of carbonyl (C=O) groups excluding carboxylic acids is 2. The number of rotatable bonds is 2. The molecule has 1 spiro atoms. The molecule has 2 aliphatic rings. The molecule has 0 aromatic heterocycles. The standard InChI is InChI=1S/C16H21N3O2/c1-13(20)18-9-10-19(11-14-5-3-2-4-6-14)16(12-18)7-8-17-15(16)21/h2-6H,7-12H2,1H3,(H,17,21)/t16-/m0/s1. The highest BCUT2D eigenvalue weighted by Gasteiger charge is 2.50. The van der Waals surface area contributed by atoms with Crippen molar-refractivity contribution in [2.45, 2.75) is 25.4 Å². The second-order valence-electron chi connectivity index (χ2n) is 5.89. The van der Waals surface area contributed by atoms with E-state index in [9.17, 15) is 9.59 Å². The third-order valence-electron chi connectivity index (χ3n) is 4.61. The molecule has 2 aliphatic heterocycles. The fourth-order valence-electron chi connectivity index (χ4n) is 3.37. The first kappa shape index (κ1) is 14.1. The van der Waals surface area contributed by atoms with E-state index >= 15 is 0 Å². The maximum Gasteiger partial charge on any atom is 0.242 e. The average Bonchev–Trinajstić information content (AvgIpc) is 2.84. The van der Waals surface area contributed by atoms with Crippen molar-refractivity contribution in [3.63, 3.8) is 0 Å². The van der Waals surface area contributed by atoms with Crippen LogP contribution in [0, 0.1) is 0 Å². The van der Waals surface area contributed by atoms with Gasteiger partial charge >= 0.3 is 0 Å². The highest BCUT2D eigenvalue weighted by Crippen LogP contribution is 2.30.